The number of halogens is 4. The summed E-state index contributed by atoms with van der Waals surface area (Å²) in [6, 6.07) is 1.76. The van der Waals surface area contributed by atoms with E-state index in [0.29, 0.717) is 18.2 Å². The maximum absolute atomic E-state index is 13.4. The van der Waals surface area contributed by atoms with Crippen molar-refractivity contribution in [3.63, 3.8) is 0 Å². The van der Waals surface area contributed by atoms with E-state index >= 15 is 0 Å². The molecule has 1 aromatic rings. The number of aliphatic hydroxyl groups excluding tert-OH is 1. The summed E-state index contributed by atoms with van der Waals surface area (Å²) in [5, 5.41) is 9.69. The molecule has 1 unspecified atom stereocenters. The molecule has 20 heavy (non-hydrogen) atoms. The Morgan fingerprint density at radius 3 is 2.40 bits per heavy atom. The maximum atomic E-state index is 13.4. The van der Waals surface area contributed by atoms with E-state index in [9.17, 15) is 31.1 Å². The van der Waals surface area contributed by atoms with Gasteiger partial charge >= 0.3 is 6.18 Å². The van der Waals surface area contributed by atoms with Gasteiger partial charge in [0.25, 0.3) is 0 Å². The lowest BCUT2D eigenvalue weighted by atomic mass is 10.0. The Hall–Kier alpha value is -1.15. The van der Waals surface area contributed by atoms with Crippen LogP contribution in [0.2, 0.25) is 0 Å². The summed E-state index contributed by atoms with van der Waals surface area (Å²) in [4.78, 5) is 0. The molecule has 0 aliphatic rings. The Labute approximate surface area is 114 Å². The lowest BCUT2D eigenvalue weighted by molar-refractivity contribution is -0.137. The van der Waals surface area contributed by atoms with Crippen LogP contribution in [0.4, 0.5) is 17.6 Å². The van der Waals surface area contributed by atoms with Crippen molar-refractivity contribution in [1.82, 2.24) is 0 Å². The number of benzene rings is 1. The Bertz CT molecular complexity index is 567. The van der Waals surface area contributed by atoms with Crippen molar-refractivity contribution in [2.45, 2.75) is 25.1 Å². The van der Waals surface area contributed by atoms with E-state index < -0.39 is 39.1 Å². The highest BCUT2D eigenvalue weighted by molar-refractivity contribution is 7.90. The van der Waals surface area contributed by atoms with Crippen LogP contribution in [0.25, 0.3) is 0 Å². The fraction of sp³-hybridized carbons (Fsp3) is 0.500. The average Bonchev–Trinajstić information content (AvgIpc) is 2.25. The third kappa shape index (κ3) is 5.09. The molecule has 0 saturated heterocycles. The number of alkyl halides is 3. The Morgan fingerprint density at radius 2 is 1.90 bits per heavy atom. The van der Waals surface area contributed by atoms with Gasteiger partial charge in [-0.1, -0.05) is 0 Å². The quantitative estimate of drug-likeness (QED) is 0.850. The summed E-state index contributed by atoms with van der Waals surface area (Å²) >= 11 is 0. The van der Waals surface area contributed by atoms with Crippen molar-refractivity contribution in [2.75, 3.05) is 12.0 Å². The van der Waals surface area contributed by atoms with Crippen LogP contribution in [0.15, 0.2) is 18.2 Å². The molecule has 1 aromatic carbocycles. The predicted molar refractivity (Wildman–Crippen MR) is 65.3 cm³/mol. The molecule has 0 bridgehead atoms. The molecule has 0 saturated carbocycles. The fourth-order valence-electron chi connectivity index (χ4n) is 1.67. The molecule has 0 fully saturated rings. The van der Waals surface area contributed by atoms with E-state index in [1.54, 1.807) is 0 Å². The third-order valence-electron chi connectivity index (χ3n) is 2.68. The molecule has 0 aliphatic heterocycles. The van der Waals surface area contributed by atoms with Crippen molar-refractivity contribution < 1.29 is 31.1 Å². The first-order valence-corrected chi connectivity index (χ1v) is 7.79. The highest BCUT2D eigenvalue weighted by Crippen LogP contribution is 2.32. The molecule has 1 atom stereocenters. The van der Waals surface area contributed by atoms with Gasteiger partial charge in [0.15, 0.2) is 0 Å². The normalized spacial score (nSPS) is 14.3. The molecule has 0 amide bonds. The summed E-state index contributed by atoms with van der Waals surface area (Å²) in [6.07, 6.45) is -5.20. The maximum Gasteiger partial charge on any atom is 0.416 e. The van der Waals surface area contributed by atoms with Gasteiger partial charge in [-0.3, -0.25) is 0 Å². The molecule has 0 aromatic heterocycles. The van der Waals surface area contributed by atoms with Gasteiger partial charge in [0.05, 0.1) is 11.7 Å². The van der Waals surface area contributed by atoms with Gasteiger partial charge in [-0.05, 0) is 31.0 Å². The number of aliphatic hydroxyl groups is 1. The Kier molecular flexibility index (Phi) is 5.15. The molecule has 1 rings (SSSR count). The minimum absolute atomic E-state index is 0.0374. The van der Waals surface area contributed by atoms with Gasteiger partial charge in [0, 0.05) is 17.6 Å². The van der Waals surface area contributed by atoms with Gasteiger partial charge in [0.1, 0.15) is 15.7 Å². The molecular formula is C12H14F4O3S. The SMILES string of the molecule is CS(=O)(=O)CCCC(O)c1cc(C(F)(F)F)ccc1F. The molecule has 1 N–H and O–H groups in total. The number of sulfone groups is 1. The smallest absolute Gasteiger partial charge is 0.388 e. The first kappa shape index (κ1) is 16.9. The van der Waals surface area contributed by atoms with E-state index in [1.165, 1.54) is 0 Å². The van der Waals surface area contributed by atoms with E-state index in [4.69, 9.17) is 0 Å². The Morgan fingerprint density at radius 1 is 1.30 bits per heavy atom. The molecule has 0 aliphatic carbocycles. The summed E-state index contributed by atoms with van der Waals surface area (Å²) < 4.78 is 72.7. The zero-order valence-corrected chi connectivity index (χ0v) is 11.4. The highest BCUT2D eigenvalue weighted by atomic mass is 32.2. The topological polar surface area (TPSA) is 54.4 Å². The van der Waals surface area contributed by atoms with E-state index in [-0.39, 0.29) is 18.6 Å². The summed E-state index contributed by atoms with van der Waals surface area (Å²) in [6.45, 7) is 0. The van der Waals surface area contributed by atoms with Crippen molar-refractivity contribution >= 4 is 9.84 Å². The predicted octanol–water partition coefficient (Wildman–Crippen LogP) is 2.70. The van der Waals surface area contributed by atoms with Crippen LogP contribution in [-0.4, -0.2) is 25.5 Å². The van der Waals surface area contributed by atoms with E-state index in [0.717, 1.165) is 6.26 Å². The Balaban J connectivity index is 2.84. The third-order valence-corrected chi connectivity index (χ3v) is 3.71. The standard InChI is InChI=1S/C12H14F4O3S/c1-20(18,19)6-2-3-11(17)9-7-8(12(14,15)16)4-5-10(9)13/h4-5,7,11,17H,2-3,6H2,1H3. The summed E-state index contributed by atoms with van der Waals surface area (Å²) in [5.74, 6) is -1.17. The molecule has 0 spiro atoms. The molecule has 3 nitrogen and oxygen atoms in total. The van der Waals surface area contributed by atoms with Crippen molar-refractivity contribution in [3.8, 4) is 0 Å². The molecule has 0 heterocycles. The van der Waals surface area contributed by atoms with Crippen molar-refractivity contribution in [2.24, 2.45) is 0 Å². The van der Waals surface area contributed by atoms with Crippen LogP contribution < -0.4 is 0 Å². The van der Waals surface area contributed by atoms with Crippen LogP contribution in [0.1, 0.15) is 30.1 Å². The lowest BCUT2D eigenvalue weighted by Gasteiger charge is -2.14. The van der Waals surface area contributed by atoms with Crippen LogP contribution >= 0.6 is 0 Å². The lowest BCUT2D eigenvalue weighted by Crippen LogP contribution is -2.10. The van der Waals surface area contributed by atoms with Gasteiger partial charge in [-0.2, -0.15) is 13.2 Å². The highest BCUT2D eigenvalue weighted by Gasteiger charge is 2.31. The van der Waals surface area contributed by atoms with Crippen LogP contribution in [0.3, 0.4) is 0 Å². The fourth-order valence-corrected chi connectivity index (χ4v) is 2.36. The molecule has 114 valence electrons. The van der Waals surface area contributed by atoms with Crippen LogP contribution in [0, 0.1) is 5.82 Å². The van der Waals surface area contributed by atoms with Crippen LogP contribution in [0.5, 0.6) is 0 Å². The second-order valence-electron chi connectivity index (χ2n) is 4.52. The second-order valence-corrected chi connectivity index (χ2v) is 6.78. The molecular weight excluding hydrogens is 300 g/mol. The van der Waals surface area contributed by atoms with E-state index in [2.05, 4.69) is 0 Å². The van der Waals surface area contributed by atoms with Crippen LogP contribution in [-0.2, 0) is 16.0 Å². The minimum Gasteiger partial charge on any atom is -0.388 e. The molecule has 0 radical (unpaired) electrons. The van der Waals surface area contributed by atoms with E-state index in [1.807, 2.05) is 0 Å². The van der Waals surface area contributed by atoms with Crippen molar-refractivity contribution in [3.05, 3.63) is 35.1 Å². The first-order chi connectivity index (χ1) is 9.00. The number of hydrogen-bond donors (Lipinski definition) is 1. The number of rotatable bonds is 5. The van der Waals surface area contributed by atoms with Crippen molar-refractivity contribution in [1.29, 1.82) is 0 Å². The summed E-state index contributed by atoms with van der Waals surface area (Å²) in [7, 11) is -3.23. The largest absolute Gasteiger partial charge is 0.416 e. The zero-order valence-electron chi connectivity index (χ0n) is 10.6. The monoisotopic (exact) mass is 314 g/mol. The minimum atomic E-state index is -4.63. The second kappa shape index (κ2) is 6.09. The zero-order chi connectivity index (χ0) is 15.6. The average molecular weight is 314 g/mol. The van der Waals surface area contributed by atoms with Gasteiger partial charge in [0.2, 0.25) is 0 Å². The first-order valence-electron chi connectivity index (χ1n) is 5.73. The van der Waals surface area contributed by atoms with Gasteiger partial charge < -0.3 is 5.11 Å². The molecule has 8 heteroatoms. The van der Waals surface area contributed by atoms with Gasteiger partial charge in [-0.15, -0.1) is 0 Å². The van der Waals surface area contributed by atoms with Gasteiger partial charge in [-0.25, -0.2) is 12.8 Å². The summed E-state index contributed by atoms with van der Waals surface area (Å²) in [5.41, 5.74) is -1.54. The number of hydrogen-bond acceptors (Lipinski definition) is 3.